The van der Waals surface area contributed by atoms with Crippen molar-refractivity contribution in [1.29, 1.82) is 0 Å². The summed E-state index contributed by atoms with van der Waals surface area (Å²) < 4.78 is 12.9. The van der Waals surface area contributed by atoms with Crippen LogP contribution in [0.3, 0.4) is 0 Å². The van der Waals surface area contributed by atoms with Crippen LogP contribution in [0.1, 0.15) is 78.6 Å². The second-order valence-corrected chi connectivity index (χ2v) is 14.3. The molecule has 6 aliphatic rings. The molecule has 5 saturated heterocycles. The standard InChI is InChI=1S/C23H36O5S3/c1-14-8-9-18-15(2)20(30-19(24)7-5-4-6-16-11-13-29-31-16)25-21-23(18)17(14)10-12-22(3,26-21)27-28-23/h14-18,20-21H,4-13H2,1-3H3/t14-,15-,16+,17+,18+,20-,21-,22-,23-/m1/s1. The van der Waals surface area contributed by atoms with E-state index < -0.39 is 17.7 Å². The average Bonchev–Trinajstić information content (AvgIpc) is 3.16. The maximum Gasteiger partial charge on any atom is 0.201 e. The normalized spacial score (nSPS) is 48.9. The highest BCUT2D eigenvalue weighted by atomic mass is 33.1. The predicted octanol–water partition coefficient (Wildman–Crippen LogP) is 6.17. The Hall–Kier alpha value is 0.560. The Morgan fingerprint density at radius 3 is 2.77 bits per heavy atom. The summed E-state index contributed by atoms with van der Waals surface area (Å²) in [4.78, 5) is 24.9. The van der Waals surface area contributed by atoms with Gasteiger partial charge in [0.05, 0.1) is 0 Å². The number of thioether (sulfide) groups is 1. The van der Waals surface area contributed by atoms with Gasteiger partial charge in [0.25, 0.3) is 0 Å². The molecule has 5 heterocycles. The maximum absolute atomic E-state index is 12.8. The van der Waals surface area contributed by atoms with Crippen molar-refractivity contribution < 1.29 is 24.0 Å². The van der Waals surface area contributed by atoms with E-state index in [-0.39, 0.29) is 22.4 Å². The molecule has 0 radical (unpaired) electrons. The number of carbonyl (C=O) groups is 1. The van der Waals surface area contributed by atoms with Crippen LogP contribution >= 0.6 is 33.3 Å². The molecule has 1 spiro atoms. The fourth-order valence-electron chi connectivity index (χ4n) is 6.40. The Labute approximate surface area is 198 Å². The topological polar surface area (TPSA) is 54.0 Å². The zero-order chi connectivity index (χ0) is 21.6. The highest BCUT2D eigenvalue weighted by Crippen LogP contribution is 2.61. The van der Waals surface area contributed by atoms with Gasteiger partial charge in [-0.2, -0.15) is 0 Å². The smallest absolute Gasteiger partial charge is 0.201 e. The number of carbonyl (C=O) groups excluding carboxylic acids is 1. The van der Waals surface area contributed by atoms with Crippen molar-refractivity contribution in [3.05, 3.63) is 0 Å². The molecule has 0 aromatic heterocycles. The lowest BCUT2D eigenvalue weighted by Gasteiger charge is -2.60. The van der Waals surface area contributed by atoms with E-state index in [9.17, 15) is 4.79 Å². The van der Waals surface area contributed by atoms with Crippen LogP contribution in [0.2, 0.25) is 0 Å². The van der Waals surface area contributed by atoms with Crippen molar-refractivity contribution in [3.63, 3.8) is 0 Å². The molecule has 1 aliphatic carbocycles. The summed E-state index contributed by atoms with van der Waals surface area (Å²) in [7, 11) is 4.02. The van der Waals surface area contributed by atoms with Gasteiger partial charge < -0.3 is 9.47 Å². The monoisotopic (exact) mass is 488 g/mol. The molecule has 0 aromatic rings. The van der Waals surface area contributed by atoms with E-state index in [1.54, 1.807) is 0 Å². The van der Waals surface area contributed by atoms with Crippen LogP contribution in [0.15, 0.2) is 0 Å². The lowest BCUT2D eigenvalue weighted by Crippen LogP contribution is -2.70. The van der Waals surface area contributed by atoms with E-state index in [4.69, 9.17) is 19.2 Å². The first-order valence-corrected chi connectivity index (χ1v) is 15.4. The molecule has 0 amide bonds. The minimum absolute atomic E-state index is 0.171. The molecule has 0 N–H and O–H groups in total. The van der Waals surface area contributed by atoms with Crippen LogP contribution in [0.25, 0.3) is 0 Å². The Morgan fingerprint density at radius 1 is 1.10 bits per heavy atom. The van der Waals surface area contributed by atoms with Gasteiger partial charge in [-0.15, -0.1) is 0 Å². The first-order valence-electron chi connectivity index (χ1n) is 12.1. The number of fused-ring (bicyclic) bond motifs is 2. The second-order valence-electron chi connectivity index (χ2n) is 10.3. The van der Waals surface area contributed by atoms with Crippen molar-refractivity contribution in [2.75, 3.05) is 5.75 Å². The summed E-state index contributed by atoms with van der Waals surface area (Å²) >= 11 is 1.40. The molecule has 5 aliphatic heterocycles. The van der Waals surface area contributed by atoms with Gasteiger partial charge in [0.15, 0.2) is 17.0 Å². The first-order chi connectivity index (χ1) is 14.9. The van der Waals surface area contributed by atoms with Crippen molar-refractivity contribution in [3.8, 4) is 0 Å². The molecule has 6 fully saturated rings. The van der Waals surface area contributed by atoms with Gasteiger partial charge in [-0.05, 0) is 63.2 Å². The molecular weight excluding hydrogens is 452 g/mol. The van der Waals surface area contributed by atoms with Gasteiger partial charge in [-0.25, -0.2) is 9.78 Å². The van der Waals surface area contributed by atoms with Gasteiger partial charge in [0.1, 0.15) is 5.44 Å². The average molecular weight is 489 g/mol. The molecule has 31 heavy (non-hydrogen) atoms. The largest absolute Gasteiger partial charge is 0.335 e. The molecule has 8 heteroatoms. The Morgan fingerprint density at radius 2 is 1.97 bits per heavy atom. The van der Waals surface area contributed by atoms with Crippen LogP contribution in [0, 0.1) is 23.7 Å². The molecule has 9 atom stereocenters. The van der Waals surface area contributed by atoms with Crippen LogP contribution in [-0.4, -0.2) is 39.2 Å². The molecule has 0 aromatic carbocycles. The first kappa shape index (κ1) is 23.3. The Bertz CT molecular complexity index is 674. The third kappa shape index (κ3) is 4.37. The minimum atomic E-state index is -0.756. The molecule has 6 rings (SSSR count). The van der Waals surface area contributed by atoms with Gasteiger partial charge in [0.2, 0.25) is 5.79 Å². The van der Waals surface area contributed by atoms with E-state index in [0.717, 1.165) is 37.4 Å². The van der Waals surface area contributed by atoms with E-state index in [1.165, 1.54) is 36.8 Å². The summed E-state index contributed by atoms with van der Waals surface area (Å²) in [5.74, 6) is 1.97. The lowest BCUT2D eigenvalue weighted by atomic mass is 9.58. The van der Waals surface area contributed by atoms with E-state index in [0.29, 0.717) is 18.3 Å². The van der Waals surface area contributed by atoms with Crippen molar-refractivity contribution >= 4 is 38.5 Å². The summed E-state index contributed by atoms with van der Waals surface area (Å²) in [6.07, 6.45) is 8.99. The molecule has 2 bridgehead atoms. The predicted molar refractivity (Wildman–Crippen MR) is 126 cm³/mol. The van der Waals surface area contributed by atoms with Gasteiger partial charge in [0, 0.05) is 29.8 Å². The zero-order valence-electron chi connectivity index (χ0n) is 18.9. The number of hydrogen-bond donors (Lipinski definition) is 0. The summed E-state index contributed by atoms with van der Waals surface area (Å²) in [6.45, 7) is 6.51. The molecule has 5 nitrogen and oxygen atoms in total. The van der Waals surface area contributed by atoms with Crippen LogP contribution in [0.4, 0.5) is 0 Å². The van der Waals surface area contributed by atoms with Gasteiger partial charge in [-0.1, -0.05) is 53.6 Å². The molecular formula is C23H36O5S3. The quantitative estimate of drug-likeness (QED) is 0.250. The fraction of sp³-hybridized carbons (Fsp3) is 0.957. The van der Waals surface area contributed by atoms with Crippen molar-refractivity contribution in [2.45, 2.75) is 107 Å². The number of ether oxygens (including phenoxy) is 2. The maximum atomic E-state index is 12.8. The second kappa shape index (κ2) is 9.31. The zero-order valence-corrected chi connectivity index (χ0v) is 21.3. The summed E-state index contributed by atoms with van der Waals surface area (Å²) in [5.41, 5.74) is -0.708. The van der Waals surface area contributed by atoms with Crippen LogP contribution < -0.4 is 0 Å². The van der Waals surface area contributed by atoms with E-state index in [2.05, 4.69) is 13.8 Å². The van der Waals surface area contributed by atoms with Crippen molar-refractivity contribution in [1.82, 2.24) is 0 Å². The number of rotatable bonds is 6. The summed E-state index contributed by atoms with van der Waals surface area (Å²) in [5, 5.41) is 1.04. The molecule has 1 saturated carbocycles. The number of hydrogen-bond acceptors (Lipinski definition) is 8. The minimum Gasteiger partial charge on any atom is -0.335 e. The van der Waals surface area contributed by atoms with Crippen LogP contribution in [0.5, 0.6) is 0 Å². The van der Waals surface area contributed by atoms with E-state index in [1.807, 2.05) is 28.5 Å². The lowest BCUT2D eigenvalue weighted by molar-refractivity contribution is -0.568. The van der Waals surface area contributed by atoms with E-state index >= 15 is 0 Å². The third-order valence-electron chi connectivity index (χ3n) is 8.23. The number of unbranched alkanes of at least 4 members (excludes halogenated alkanes) is 1. The van der Waals surface area contributed by atoms with Gasteiger partial charge >= 0.3 is 0 Å². The summed E-state index contributed by atoms with van der Waals surface area (Å²) in [6, 6.07) is 0. The Kier molecular flexibility index (Phi) is 7.00. The highest BCUT2D eigenvalue weighted by Gasteiger charge is 2.69. The van der Waals surface area contributed by atoms with Gasteiger partial charge in [-0.3, -0.25) is 4.79 Å². The highest BCUT2D eigenvalue weighted by molar-refractivity contribution is 8.77. The fourth-order valence-corrected chi connectivity index (χ4v) is 10.5. The molecule has 0 unspecified atom stereocenters. The SMILES string of the molecule is C[C@H]1[C@@H](SC(=O)CCCC[C@H]2CCSS2)O[C@@H]2O[C@@]3(C)CC[C@H]4[C@H](C)CC[C@@H]1[C@@]24OO3. The van der Waals surface area contributed by atoms with Crippen molar-refractivity contribution in [2.24, 2.45) is 23.7 Å². The van der Waals surface area contributed by atoms with Crippen LogP contribution in [-0.2, 0) is 24.0 Å². The Balaban J connectivity index is 1.22. The third-order valence-corrected chi connectivity index (χ3v) is 12.5. The molecule has 176 valence electrons.